The van der Waals surface area contributed by atoms with Gasteiger partial charge in [-0.05, 0) is 37.8 Å². The monoisotopic (exact) mass is 242 g/mol. The van der Waals surface area contributed by atoms with Gasteiger partial charge in [-0.1, -0.05) is 55.8 Å². The molecule has 0 N–H and O–H groups in total. The summed E-state index contributed by atoms with van der Waals surface area (Å²) >= 11 is 0. The lowest BCUT2D eigenvalue weighted by atomic mass is 10.00. The summed E-state index contributed by atoms with van der Waals surface area (Å²) < 4.78 is 0. The molecule has 1 aromatic carbocycles. The van der Waals surface area contributed by atoms with Crippen LogP contribution < -0.4 is 0 Å². The number of carbonyl (C=O) groups is 1. The van der Waals surface area contributed by atoms with E-state index in [0.717, 1.165) is 28.7 Å². The lowest BCUT2D eigenvalue weighted by Crippen LogP contribution is -1.97. The Balaban J connectivity index is 2.81. The first kappa shape index (κ1) is 14.4. The van der Waals surface area contributed by atoms with Crippen LogP contribution in [0.25, 0.3) is 5.57 Å². The molecule has 96 valence electrons. The Morgan fingerprint density at radius 3 is 2.11 bits per heavy atom. The Kier molecular flexibility index (Phi) is 5.08. The number of carbonyl (C=O) groups excluding carboxylic acids is 1. The molecule has 0 spiro atoms. The van der Waals surface area contributed by atoms with Crippen molar-refractivity contribution in [3.63, 3.8) is 0 Å². The molecule has 0 aliphatic rings. The van der Waals surface area contributed by atoms with E-state index in [9.17, 15) is 4.79 Å². The Bertz CT molecular complexity index is 461. The minimum absolute atomic E-state index is 0.0846. The maximum Gasteiger partial charge on any atom is 0.185 e. The molecule has 1 heteroatoms. The van der Waals surface area contributed by atoms with Crippen LogP contribution in [0.2, 0.25) is 0 Å². The quantitative estimate of drug-likeness (QED) is 0.530. The SMILES string of the molecule is C=C(C)c1ccc(C(=O)/C=C(\C)CC(C)C)cc1. The van der Waals surface area contributed by atoms with Crippen LogP contribution in [0.1, 0.15) is 50.0 Å². The summed E-state index contributed by atoms with van der Waals surface area (Å²) in [5, 5.41) is 0. The molecule has 0 saturated heterocycles. The van der Waals surface area contributed by atoms with Crippen molar-refractivity contribution in [2.24, 2.45) is 5.92 Å². The van der Waals surface area contributed by atoms with Gasteiger partial charge in [0.15, 0.2) is 5.78 Å². The van der Waals surface area contributed by atoms with Gasteiger partial charge in [-0.15, -0.1) is 0 Å². The maximum absolute atomic E-state index is 12.0. The topological polar surface area (TPSA) is 17.1 Å². The van der Waals surface area contributed by atoms with Gasteiger partial charge in [-0.25, -0.2) is 0 Å². The molecule has 0 fully saturated rings. The average molecular weight is 242 g/mol. The van der Waals surface area contributed by atoms with Crippen molar-refractivity contribution in [1.82, 2.24) is 0 Å². The van der Waals surface area contributed by atoms with E-state index in [1.165, 1.54) is 0 Å². The number of benzene rings is 1. The molecule has 0 amide bonds. The molecule has 0 aliphatic carbocycles. The van der Waals surface area contributed by atoms with Crippen molar-refractivity contribution < 1.29 is 4.79 Å². The van der Waals surface area contributed by atoms with Gasteiger partial charge in [-0.3, -0.25) is 4.79 Å². The van der Waals surface area contributed by atoms with E-state index < -0.39 is 0 Å². The van der Waals surface area contributed by atoms with E-state index in [-0.39, 0.29) is 5.78 Å². The molecule has 0 aromatic heterocycles. The predicted molar refractivity (Wildman–Crippen MR) is 78.7 cm³/mol. The molecule has 0 heterocycles. The summed E-state index contributed by atoms with van der Waals surface area (Å²) in [5.74, 6) is 0.668. The summed E-state index contributed by atoms with van der Waals surface area (Å²) in [5.41, 5.74) is 3.97. The van der Waals surface area contributed by atoms with Crippen LogP contribution in [0.3, 0.4) is 0 Å². The van der Waals surface area contributed by atoms with Gasteiger partial charge in [0, 0.05) is 5.56 Å². The van der Waals surface area contributed by atoms with E-state index in [2.05, 4.69) is 20.4 Å². The molecular formula is C17H22O. The van der Waals surface area contributed by atoms with Crippen LogP contribution in [0.5, 0.6) is 0 Å². The summed E-state index contributed by atoms with van der Waals surface area (Å²) in [7, 11) is 0. The van der Waals surface area contributed by atoms with Crippen molar-refractivity contribution in [2.75, 3.05) is 0 Å². The zero-order valence-electron chi connectivity index (χ0n) is 11.8. The zero-order chi connectivity index (χ0) is 13.7. The number of rotatable bonds is 5. The third-order valence-corrected chi connectivity index (χ3v) is 2.77. The van der Waals surface area contributed by atoms with Crippen LogP contribution in [0.15, 0.2) is 42.5 Å². The van der Waals surface area contributed by atoms with Crippen LogP contribution in [-0.2, 0) is 0 Å². The van der Waals surface area contributed by atoms with Crippen LogP contribution >= 0.6 is 0 Å². The molecule has 0 saturated carbocycles. The Labute approximate surface area is 110 Å². The van der Waals surface area contributed by atoms with Crippen LogP contribution in [-0.4, -0.2) is 5.78 Å². The normalized spacial score (nSPS) is 11.7. The van der Waals surface area contributed by atoms with Gasteiger partial charge < -0.3 is 0 Å². The molecule has 0 unspecified atom stereocenters. The largest absolute Gasteiger partial charge is 0.289 e. The molecule has 0 aliphatic heterocycles. The average Bonchev–Trinajstić information content (AvgIpc) is 2.27. The summed E-state index contributed by atoms with van der Waals surface area (Å²) in [6.45, 7) is 12.2. The fourth-order valence-electron chi connectivity index (χ4n) is 1.93. The third-order valence-electron chi connectivity index (χ3n) is 2.77. The highest BCUT2D eigenvalue weighted by molar-refractivity contribution is 6.05. The summed E-state index contributed by atoms with van der Waals surface area (Å²) in [6.07, 6.45) is 2.71. The van der Waals surface area contributed by atoms with Gasteiger partial charge >= 0.3 is 0 Å². The Hall–Kier alpha value is -1.63. The first-order chi connectivity index (χ1) is 8.40. The van der Waals surface area contributed by atoms with E-state index in [0.29, 0.717) is 5.92 Å². The molecule has 0 radical (unpaired) electrons. The second-order valence-corrected chi connectivity index (χ2v) is 5.31. The summed E-state index contributed by atoms with van der Waals surface area (Å²) in [6, 6.07) is 7.62. The molecule has 18 heavy (non-hydrogen) atoms. The third kappa shape index (κ3) is 4.33. The highest BCUT2D eigenvalue weighted by Crippen LogP contribution is 2.15. The first-order valence-corrected chi connectivity index (χ1v) is 6.37. The van der Waals surface area contributed by atoms with Gasteiger partial charge in [0.2, 0.25) is 0 Å². The van der Waals surface area contributed by atoms with Crippen molar-refractivity contribution in [3.05, 3.63) is 53.6 Å². The number of allylic oxidation sites excluding steroid dienone is 3. The lowest BCUT2D eigenvalue weighted by Gasteiger charge is -2.05. The molecule has 1 aromatic rings. The molecular weight excluding hydrogens is 220 g/mol. The van der Waals surface area contributed by atoms with E-state index >= 15 is 0 Å². The Morgan fingerprint density at radius 2 is 1.67 bits per heavy atom. The van der Waals surface area contributed by atoms with Crippen molar-refractivity contribution >= 4 is 11.4 Å². The zero-order valence-corrected chi connectivity index (χ0v) is 11.8. The standard InChI is InChI=1S/C17H22O/c1-12(2)10-14(5)11-17(18)16-8-6-15(7-9-16)13(3)4/h6-9,11-12H,3,10H2,1-2,4-5H3/b14-11+. The van der Waals surface area contributed by atoms with Crippen molar-refractivity contribution in [3.8, 4) is 0 Å². The predicted octanol–water partition coefficient (Wildman–Crippen LogP) is 4.89. The molecule has 1 nitrogen and oxygen atoms in total. The van der Waals surface area contributed by atoms with E-state index in [1.807, 2.05) is 38.1 Å². The van der Waals surface area contributed by atoms with Crippen LogP contribution in [0, 0.1) is 5.92 Å². The highest BCUT2D eigenvalue weighted by atomic mass is 16.1. The fraction of sp³-hybridized carbons (Fsp3) is 0.353. The number of ketones is 1. The van der Waals surface area contributed by atoms with Crippen molar-refractivity contribution in [1.29, 1.82) is 0 Å². The molecule has 0 atom stereocenters. The lowest BCUT2D eigenvalue weighted by molar-refractivity contribution is 0.104. The first-order valence-electron chi connectivity index (χ1n) is 6.37. The fourth-order valence-corrected chi connectivity index (χ4v) is 1.93. The second kappa shape index (κ2) is 6.34. The molecule has 1 rings (SSSR count). The van der Waals surface area contributed by atoms with Gasteiger partial charge in [-0.2, -0.15) is 0 Å². The number of hydrogen-bond acceptors (Lipinski definition) is 1. The smallest absolute Gasteiger partial charge is 0.185 e. The second-order valence-electron chi connectivity index (χ2n) is 5.31. The van der Waals surface area contributed by atoms with Gasteiger partial charge in [0.05, 0.1) is 0 Å². The minimum Gasteiger partial charge on any atom is -0.289 e. The molecule has 0 bridgehead atoms. The van der Waals surface area contributed by atoms with Crippen LogP contribution in [0.4, 0.5) is 0 Å². The van der Waals surface area contributed by atoms with Gasteiger partial charge in [0.1, 0.15) is 0 Å². The van der Waals surface area contributed by atoms with E-state index in [4.69, 9.17) is 0 Å². The summed E-state index contributed by atoms with van der Waals surface area (Å²) in [4.78, 5) is 12.0. The van der Waals surface area contributed by atoms with E-state index in [1.54, 1.807) is 6.08 Å². The number of hydrogen-bond donors (Lipinski definition) is 0. The maximum atomic E-state index is 12.0. The Morgan fingerprint density at radius 1 is 1.17 bits per heavy atom. The van der Waals surface area contributed by atoms with Crippen molar-refractivity contribution in [2.45, 2.75) is 34.1 Å². The minimum atomic E-state index is 0.0846. The highest BCUT2D eigenvalue weighted by Gasteiger charge is 2.04. The van der Waals surface area contributed by atoms with Gasteiger partial charge in [0.25, 0.3) is 0 Å².